The van der Waals surface area contributed by atoms with Crippen LogP contribution in [0.2, 0.25) is 0 Å². The molecule has 0 bridgehead atoms. The summed E-state index contributed by atoms with van der Waals surface area (Å²) in [4.78, 5) is 0. The molecule has 118 valence electrons. The Morgan fingerprint density at radius 2 is 1.36 bits per heavy atom. The summed E-state index contributed by atoms with van der Waals surface area (Å²) in [5, 5.41) is 0. The Morgan fingerprint density at radius 1 is 0.818 bits per heavy atom. The number of ether oxygens (including phenoxy) is 1. The zero-order valence-electron chi connectivity index (χ0n) is 10.2. The Hall–Kier alpha value is -1.77. The number of hydrogen-bond acceptors (Lipinski definition) is 1. The molecule has 0 aliphatic carbocycles. The third kappa shape index (κ3) is 3.34. The maximum Gasteiger partial charge on any atom is 0.416 e. The largest absolute Gasteiger partial charge is 0.450 e. The molecule has 0 aliphatic heterocycles. The highest BCUT2D eigenvalue weighted by molar-refractivity contribution is 9.10. The molecular weight excluding hydrogens is 385 g/mol. The first-order valence-corrected chi connectivity index (χ1v) is 6.27. The minimum absolute atomic E-state index is 0.0158. The van der Waals surface area contributed by atoms with Crippen molar-refractivity contribution in [1.29, 1.82) is 0 Å². The minimum atomic E-state index is -4.95. The van der Waals surface area contributed by atoms with E-state index in [-0.39, 0.29) is 12.1 Å². The number of halogens is 8. The second-order valence-electron chi connectivity index (χ2n) is 4.07. The van der Waals surface area contributed by atoms with Crippen molar-refractivity contribution in [3.8, 4) is 11.5 Å². The second kappa shape index (κ2) is 5.79. The number of hydrogen-bond donors (Lipinski definition) is 0. The molecule has 0 saturated heterocycles. The van der Waals surface area contributed by atoms with Crippen LogP contribution in [0.15, 0.2) is 28.7 Å². The van der Waals surface area contributed by atoms with Crippen LogP contribution in [-0.2, 0) is 6.18 Å². The van der Waals surface area contributed by atoms with E-state index in [2.05, 4.69) is 20.7 Å². The maximum absolute atomic E-state index is 13.6. The highest BCUT2D eigenvalue weighted by atomic mass is 79.9. The normalized spacial score (nSPS) is 11.6. The third-order valence-corrected chi connectivity index (χ3v) is 3.27. The molecule has 1 nitrogen and oxygen atoms in total. The van der Waals surface area contributed by atoms with Gasteiger partial charge in [0.1, 0.15) is 17.4 Å². The highest BCUT2D eigenvalue weighted by Crippen LogP contribution is 2.38. The van der Waals surface area contributed by atoms with Crippen LogP contribution in [0.4, 0.5) is 30.7 Å². The van der Waals surface area contributed by atoms with Gasteiger partial charge in [0.25, 0.3) is 0 Å². The lowest BCUT2D eigenvalue weighted by Gasteiger charge is -2.13. The van der Waals surface area contributed by atoms with Crippen LogP contribution >= 0.6 is 15.9 Å². The Bertz CT molecular complexity index is 704. The maximum atomic E-state index is 13.6. The first kappa shape index (κ1) is 16.6. The van der Waals surface area contributed by atoms with Crippen molar-refractivity contribution in [1.82, 2.24) is 0 Å². The second-order valence-corrected chi connectivity index (χ2v) is 4.86. The Balaban J connectivity index is 2.47. The molecule has 0 fully saturated rings. The fourth-order valence-electron chi connectivity index (χ4n) is 1.54. The summed E-state index contributed by atoms with van der Waals surface area (Å²) in [6, 6.07) is 1.13. The molecule has 0 heterocycles. The average Bonchev–Trinajstić information content (AvgIpc) is 2.37. The van der Waals surface area contributed by atoms with Gasteiger partial charge >= 0.3 is 6.18 Å². The molecule has 9 heteroatoms. The van der Waals surface area contributed by atoms with Gasteiger partial charge in [0.05, 0.1) is 10.0 Å². The molecule has 2 aromatic rings. The van der Waals surface area contributed by atoms with Crippen molar-refractivity contribution in [3.63, 3.8) is 0 Å². The smallest absolute Gasteiger partial charge is 0.416 e. The van der Waals surface area contributed by atoms with Gasteiger partial charge in [-0.3, -0.25) is 0 Å². The van der Waals surface area contributed by atoms with E-state index in [9.17, 15) is 30.7 Å². The van der Waals surface area contributed by atoms with Crippen LogP contribution in [0.3, 0.4) is 0 Å². The molecule has 0 radical (unpaired) electrons. The van der Waals surface area contributed by atoms with Gasteiger partial charge in [-0.1, -0.05) is 0 Å². The molecule has 0 unspecified atom stereocenters. The van der Waals surface area contributed by atoms with E-state index in [1.165, 1.54) is 0 Å². The average molecular weight is 389 g/mol. The highest BCUT2D eigenvalue weighted by Gasteiger charge is 2.33. The predicted molar refractivity (Wildman–Crippen MR) is 65.5 cm³/mol. The van der Waals surface area contributed by atoms with Gasteiger partial charge in [-0.15, -0.1) is 0 Å². The lowest BCUT2D eigenvalue weighted by Crippen LogP contribution is -2.07. The topological polar surface area (TPSA) is 9.23 Å². The van der Waals surface area contributed by atoms with E-state index >= 15 is 0 Å². The molecule has 0 saturated carbocycles. The van der Waals surface area contributed by atoms with Crippen LogP contribution < -0.4 is 4.74 Å². The number of benzene rings is 2. The van der Waals surface area contributed by atoms with Gasteiger partial charge in [0.15, 0.2) is 17.4 Å². The molecule has 0 N–H and O–H groups in total. The predicted octanol–water partition coefficient (Wildman–Crippen LogP) is 5.82. The minimum Gasteiger partial charge on any atom is -0.450 e. The fraction of sp³-hybridized carbons (Fsp3) is 0.0769. The fourth-order valence-corrected chi connectivity index (χ4v) is 1.85. The molecule has 22 heavy (non-hydrogen) atoms. The van der Waals surface area contributed by atoms with E-state index < -0.39 is 51.0 Å². The zero-order chi connectivity index (χ0) is 16.7. The summed E-state index contributed by atoms with van der Waals surface area (Å²) >= 11 is 2.68. The molecular formula is C13H4BrF7O. The van der Waals surface area contributed by atoms with Crippen molar-refractivity contribution in [2.45, 2.75) is 6.18 Å². The van der Waals surface area contributed by atoms with Crippen LogP contribution in [-0.4, -0.2) is 0 Å². The van der Waals surface area contributed by atoms with Gasteiger partial charge in [0.2, 0.25) is 0 Å². The molecule has 0 atom stereocenters. The van der Waals surface area contributed by atoms with Crippen molar-refractivity contribution >= 4 is 15.9 Å². The summed E-state index contributed by atoms with van der Waals surface area (Å²) in [6.07, 6.45) is -4.95. The summed E-state index contributed by atoms with van der Waals surface area (Å²) < 4.78 is 94.9. The van der Waals surface area contributed by atoms with Crippen molar-refractivity contribution in [2.24, 2.45) is 0 Å². The standard InChI is InChI=1S/C13H4BrF7O/c14-11-7(16)3-6(15)4-10(11)22-12-8(17)1-5(2-9(12)18)13(19,20)21/h1-4H. The van der Waals surface area contributed by atoms with E-state index in [0.717, 1.165) is 0 Å². The van der Waals surface area contributed by atoms with Crippen LogP contribution in [0.1, 0.15) is 5.56 Å². The van der Waals surface area contributed by atoms with E-state index in [0.29, 0.717) is 12.1 Å². The van der Waals surface area contributed by atoms with Gasteiger partial charge in [-0.25, -0.2) is 17.6 Å². The van der Waals surface area contributed by atoms with Crippen LogP contribution in [0, 0.1) is 23.3 Å². The van der Waals surface area contributed by atoms with Crippen molar-refractivity contribution in [3.05, 3.63) is 57.6 Å². The van der Waals surface area contributed by atoms with Crippen LogP contribution in [0.25, 0.3) is 0 Å². The molecule has 2 rings (SSSR count). The first-order valence-electron chi connectivity index (χ1n) is 5.48. The number of rotatable bonds is 2. The molecule has 2 aromatic carbocycles. The summed E-state index contributed by atoms with van der Waals surface area (Å²) in [7, 11) is 0. The Morgan fingerprint density at radius 3 is 1.86 bits per heavy atom. The number of alkyl halides is 3. The van der Waals surface area contributed by atoms with Crippen molar-refractivity contribution < 1.29 is 35.5 Å². The van der Waals surface area contributed by atoms with Crippen LogP contribution in [0.5, 0.6) is 11.5 Å². The summed E-state index contributed by atoms with van der Waals surface area (Å²) in [5.74, 6) is -7.37. The van der Waals surface area contributed by atoms with E-state index in [4.69, 9.17) is 0 Å². The first-order chi connectivity index (χ1) is 10.1. The molecule has 0 aliphatic rings. The lowest BCUT2D eigenvalue weighted by atomic mass is 10.2. The van der Waals surface area contributed by atoms with E-state index in [1.54, 1.807) is 0 Å². The molecule has 0 spiro atoms. The summed E-state index contributed by atoms with van der Waals surface area (Å²) in [6.45, 7) is 0. The monoisotopic (exact) mass is 388 g/mol. The van der Waals surface area contributed by atoms with Crippen molar-refractivity contribution in [2.75, 3.05) is 0 Å². The third-order valence-electron chi connectivity index (χ3n) is 2.50. The zero-order valence-corrected chi connectivity index (χ0v) is 11.8. The van der Waals surface area contributed by atoms with Gasteiger partial charge in [0, 0.05) is 12.1 Å². The Labute approximate surface area is 127 Å². The van der Waals surface area contributed by atoms with Gasteiger partial charge < -0.3 is 4.74 Å². The summed E-state index contributed by atoms with van der Waals surface area (Å²) in [5.41, 5.74) is -1.56. The van der Waals surface area contributed by atoms with E-state index in [1.807, 2.05) is 0 Å². The molecule has 0 amide bonds. The van der Waals surface area contributed by atoms with Gasteiger partial charge in [-0.05, 0) is 28.1 Å². The Kier molecular flexibility index (Phi) is 4.37. The lowest BCUT2D eigenvalue weighted by molar-refractivity contribution is -0.138. The van der Waals surface area contributed by atoms with Gasteiger partial charge in [-0.2, -0.15) is 13.2 Å². The molecule has 0 aromatic heterocycles. The quantitative estimate of drug-likeness (QED) is 0.465. The SMILES string of the molecule is Fc1cc(F)c(Br)c(Oc2c(F)cc(C(F)(F)F)cc2F)c1.